The Balaban J connectivity index is 1.58. The van der Waals surface area contributed by atoms with Crippen LogP contribution in [0.4, 0.5) is 0 Å². The first kappa shape index (κ1) is 23.2. The van der Waals surface area contributed by atoms with Gasteiger partial charge in [-0.2, -0.15) is 4.72 Å². The number of nitrogens with one attached hydrogen (secondary N) is 1. The van der Waals surface area contributed by atoms with Crippen LogP contribution < -0.4 is 15.1 Å². The topological polar surface area (TPSA) is 103 Å². The molecule has 4 rings (SSSR count). The highest BCUT2D eigenvalue weighted by Gasteiger charge is 2.30. The van der Waals surface area contributed by atoms with Crippen LogP contribution in [-0.2, 0) is 27.7 Å². The van der Waals surface area contributed by atoms with E-state index in [2.05, 4.69) is 4.72 Å². The van der Waals surface area contributed by atoms with E-state index in [9.17, 15) is 18.0 Å². The van der Waals surface area contributed by atoms with Crippen LogP contribution in [-0.4, -0.2) is 20.4 Å². The number of carbonyl (C=O) groups excluding carboxylic acids is 1. The second-order valence-corrected chi connectivity index (χ2v) is 10.5. The van der Waals surface area contributed by atoms with Gasteiger partial charge in [-0.25, -0.2) is 18.0 Å². The highest BCUT2D eigenvalue weighted by molar-refractivity contribution is 7.89. The molecule has 0 amide bonds. The number of rotatable bonds is 6. The number of sulfonamides is 1. The van der Waals surface area contributed by atoms with Crippen molar-refractivity contribution in [2.75, 3.05) is 0 Å². The molecule has 0 saturated heterocycles. The van der Waals surface area contributed by atoms with Gasteiger partial charge in [-0.3, -0.25) is 0 Å². The Hall–Kier alpha value is -2.97. The molecule has 1 N–H and O–H groups in total. The van der Waals surface area contributed by atoms with Gasteiger partial charge in [0.25, 0.3) is 0 Å². The summed E-state index contributed by atoms with van der Waals surface area (Å²) in [6.45, 7) is 5.32. The van der Waals surface area contributed by atoms with E-state index in [4.69, 9.17) is 9.15 Å². The maximum atomic E-state index is 12.9. The summed E-state index contributed by atoms with van der Waals surface area (Å²) >= 11 is 0. The van der Waals surface area contributed by atoms with E-state index >= 15 is 0 Å². The maximum absolute atomic E-state index is 12.9. The van der Waals surface area contributed by atoms with Crippen molar-refractivity contribution in [3.05, 3.63) is 69.6 Å². The lowest BCUT2D eigenvalue weighted by molar-refractivity contribution is -0.137. The molecule has 1 aromatic heterocycles. The number of aryl methyl sites for hydroxylation is 2. The van der Waals surface area contributed by atoms with Crippen molar-refractivity contribution in [3.8, 4) is 5.75 Å². The highest BCUT2D eigenvalue weighted by atomic mass is 32.2. The minimum atomic E-state index is -3.92. The summed E-state index contributed by atoms with van der Waals surface area (Å²) in [5.74, 6) is -0.907. The third kappa shape index (κ3) is 4.86. The molecule has 8 heteroatoms. The largest absolute Gasteiger partial charge is 0.425 e. The average molecular weight is 470 g/mol. The highest BCUT2D eigenvalue weighted by Crippen LogP contribution is 2.29. The van der Waals surface area contributed by atoms with Gasteiger partial charge < -0.3 is 9.15 Å². The van der Waals surface area contributed by atoms with Crippen LogP contribution in [0.1, 0.15) is 43.4 Å². The van der Waals surface area contributed by atoms with Crippen LogP contribution in [0.3, 0.4) is 0 Å². The SMILES string of the molecule is Cc1ccc(S(=O)(=O)N[C@@H](C(=O)Oc2ccc3c4c(c(=O)oc3c2)CCCC4)C(C)C)cc1. The van der Waals surface area contributed by atoms with Crippen molar-refractivity contribution in [2.45, 2.75) is 57.4 Å². The average Bonchev–Trinajstić information content (AvgIpc) is 2.77. The lowest BCUT2D eigenvalue weighted by atomic mass is 9.91. The summed E-state index contributed by atoms with van der Waals surface area (Å²) in [5.41, 5.74) is 2.65. The predicted molar refractivity (Wildman–Crippen MR) is 125 cm³/mol. The van der Waals surface area contributed by atoms with Gasteiger partial charge in [-0.1, -0.05) is 31.5 Å². The number of ether oxygens (including phenoxy) is 1. The zero-order chi connectivity index (χ0) is 23.8. The fourth-order valence-electron chi connectivity index (χ4n) is 4.08. The van der Waals surface area contributed by atoms with E-state index in [1.165, 1.54) is 18.2 Å². The number of benzene rings is 2. The van der Waals surface area contributed by atoms with Gasteiger partial charge in [-0.15, -0.1) is 0 Å². The van der Waals surface area contributed by atoms with E-state index in [0.717, 1.165) is 41.3 Å². The molecule has 0 spiro atoms. The van der Waals surface area contributed by atoms with Gasteiger partial charge in [0.2, 0.25) is 10.0 Å². The van der Waals surface area contributed by atoms with E-state index in [-0.39, 0.29) is 22.2 Å². The molecular formula is C25H27NO6S. The van der Waals surface area contributed by atoms with Crippen molar-refractivity contribution in [2.24, 2.45) is 5.92 Å². The van der Waals surface area contributed by atoms with Crippen molar-refractivity contribution in [3.63, 3.8) is 0 Å². The molecule has 0 bridgehead atoms. The third-order valence-corrected chi connectivity index (χ3v) is 7.40. The Morgan fingerprint density at radius 2 is 1.70 bits per heavy atom. The van der Waals surface area contributed by atoms with Gasteiger partial charge in [0.15, 0.2) is 0 Å². The van der Waals surface area contributed by atoms with Crippen LogP contribution in [0.2, 0.25) is 0 Å². The molecule has 0 unspecified atom stereocenters. The minimum absolute atomic E-state index is 0.0730. The molecule has 1 heterocycles. The van der Waals surface area contributed by atoms with Crippen molar-refractivity contribution >= 4 is 27.0 Å². The second kappa shape index (κ2) is 9.11. The second-order valence-electron chi connectivity index (χ2n) is 8.79. The first-order chi connectivity index (χ1) is 15.7. The summed E-state index contributed by atoms with van der Waals surface area (Å²) in [6, 6.07) is 10.2. The summed E-state index contributed by atoms with van der Waals surface area (Å²) in [4.78, 5) is 25.4. The molecule has 1 aliphatic carbocycles. The number of hydrogen-bond acceptors (Lipinski definition) is 6. The first-order valence-electron chi connectivity index (χ1n) is 11.0. The van der Waals surface area contributed by atoms with Gasteiger partial charge in [0, 0.05) is 17.0 Å². The lowest BCUT2D eigenvalue weighted by Gasteiger charge is -2.21. The summed E-state index contributed by atoms with van der Waals surface area (Å²) < 4.78 is 39.0. The molecule has 174 valence electrons. The number of fused-ring (bicyclic) bond motifs is 3. The molecule has 0 fully saturated rings. The third-order valence-electron chi connectivity index (χ3n) is 5.95. The molecule has 1 atom stereocenters. The smallest absolute Gasteiger partial charge is 0.339 e. The van der Waals surface area contributed by atoms with Gasteiger partial charge in [0.1, 0.15) is 17.4 Å². The maximum Gasteiger partial charge on any atom is 0.339 e. The normalized spacial score (nSPS) is 14.8. The molecule has 0 radical (unpaired) electrons. The summed E-state index contributed by atoms with van der Waals surface area (Å²) in [5, 5.41) is 0.838. The van der Waals surface area contributed by atoms with Crippen LogP contribution in [0.25, 0.3) is 11.0 Å². The molecule has 2 aromatic carbocycles. The summed E-state index contributed by atoms with van der Waals surface area (Å²) in [7, 11) is -3.92. The van der Waals surface area contributed by atoms with Crippen molar-refractivity contribution in [1.82, 2.24) is 4.72 Å². The molecule has 1 aliphatic rings. The van der Waals surface area contributed by atoms with Crippen molar-refractivity contribution in [1.29, 1.82) is 0 Å². The Labute approximate surface area is 192 Å². The fourth-order valence-corrected chi connectivity index (χ4v) is 5.41. The number of hydrogen-bond donors (Lipinski definition) is 1. The number of esters is 1. The van der Waals surface area contributed by atoms with E-state index in [0.29, 0.717) is 12.0 Å². The van der Waals surface area contributed by atoms with Gasteiger partial charge >= 0.3 is 11.6 Å². The fraction of sp³-hybridized carbons (Fsp3) is 0.360. The minimum Gasteiger partial charge on any atom is -0.425 e. The lowest BCUT2D eigenvalue weighted by Crippen LogP contribution is -2.46. The predicted octanol–water partition coefficient (Wildman–Crippen LogP) is 3.89. The van der Waals surface area contributed by atoms with E-state index in [1.807, 2.05) is 6.92 Å². The van der Waals surface area contributed by atoms with Crippen LogP contribution in [0, 0.1) is 12.8 Å². The Morgan fingerprint density at radius 1 is 1.03 bits per heavy atom. The van der Waals surface area contributed by atoms with Crippen LogP contribution in [0.15, 0.2) is 56.6 Å². The van der Waals surface area contributed by atoms with Crippen LogP contribution >= 0.6 is 0 Å². The monoisotopic (exact) mass is 469 g/mol. The van der Waals surface area contributed by atoms with Crippen molar-refractivity contribution < 1.29 is 22.4 Å². The first-order valence-corrected chi connectivity index (χ1v) is 12.5. The molecule has 7 nitrogen and oxygen atoms in total. The zero-order valence-corrected chi connectivity index (χ0v) is 19.7. The number of carbonyl (C=O) groups is 1. The zero-order valence-electron chi connectivity index (χ0n) is 18.9. The molecule has 0 saturated carbocycles. The summed E-state index contributed by atoms with van der Waals surface area (Å²) in [6.07, 6.45) is 3.50. The quantitative estimate of drug-likeness (QED) is 0.334. The van der Waals surface area contributed by atoms with Gasteiger partial charge in [0.05, 0.1) is 4.90 Å². The molecular weight excluding hydrogens is 442 g/mol. The molecule has 33 heavy (non-hydrogen) atoms. The standard InChI is InChI=1S/C25H27NO6S/c1-15(2)23(26-33(29,30)18-11-8-16(3)9-12-18)25(28)31-17-10-13-20-19-6-4-5-7-21(19)24(27)32-22(20)14-17/h8-15,23,26H,4-7H2,1-3H3/t23-/m1/s1. The molecule has 0 aliphatic heterocycles. The van der Waals surface area contributed by atoms with Crippen LogP contribution in [0.5, 0.6) is 5.75 Å². The van der Waals surface area contributed by atoms with E-state index in [1.54, 1.807) is 38.1 Å². The van der Waals surface area contributed by atoms with E-state index < -0.39 is 22.0 Å². The molecule has 3 aromatic rings. The Kier molecular flexibility index (Phi) is 6.41. The Bertz CT molecular complexity index is 1360. The van der Waals surface area contributed by atoms with Gasteiger partial charge in [-0.05, 0) is 68.4 Å². The Morgan fingerprint density at radius 3 is 2.36 bits per heavy atom.